The van der Waals surface area contributed by atoms with Crippen LogP contribution in [0.2, 0.25) is 0 Å². The van der Waals surface area contributed by atoms with Gasteiger partial charge in [-0.05, 0) is 151 Å². The summed E-state index contributed by atoms with van der Waals surface area (Å²) in [5, 5.41) is 37.9. The van der Waals surface area contributed by atoms with Crippen LogP contribution in [0.3, 0.4) is 0 Å². The van der Waals surface area contributed by atoms with Crippen LogP contribution in [0.25, 0.3) is 0 Å². The Morgan fingerprint density at radius 3 is 2.31 bits per heavy atom. The van der Waals surface area contributed by atoms with Gasteiger partial charge in [-0.15, -0.1) is 0 Å². The summed E-state index contributed by atoms with van der Waals surface area (Å²) in [4.78, 5) is 58.5. The minimum Gasteiger partial charge on any atom is -0.461 e. The summed E-state index contributed by atoms with van der Waals surface area (Å²) in [7, 11) is 3.06. The van der Waals surface area contributed by atoms with Gasteiger partial charge in [0, 0.05) is 44.3 Å². The van der Waals surface area contributed by atoms with E-state index in [1.807, 2.05) is 76.3 Å². The number of carbonyl (C=O) groups excluding carboxylic acids is 4. The summed E-state index contributed by atoms with van der Waals surface area (Å²) in [6, 6.07) is 6.76. The molecule has 1 amide bonds. The summed E-state index contributed by atoms with van der Waals surface area (Å²) in [5.74, 6) is -6.13. The summed E-state index contributed by atoms with van der Waals surface area (Å²) in [6.07, 6.45) is 15.1. The Balaban J connectivity index is 1.48. The van der Waals surface area contributed by atoms with Crippen LogP contribution in [0.4, 0.5) is 5.69 Å². The number of nitrogens with zero attached hydrogens (tertiary/aromatic N) is 1. The molecule has 15 atom stereocenters. The monoisotopic (exact) mass is 975 g/mol. The summed E-state index contributed by atoms with van der Waals surface area (Å²) in [6.45, 7) is 15.7. The number of rotatable bonds is 7. The number of piperidine rings is 1. The Hall–Kier alpha value is -3.98. The summed E-state index contributed by atoms with van der Waals surface area (Å²) < 4.78 is 24.1. The zero-order chi connectivity index (χ0) is 51.3. The number of ketones is 2. The summed E-state index contributed by atoms with van der Waals surface area (Å²) >= 11 is 0. The van der Waals surface area contributed by atoms with E-state index in [9.17, 15) is 34.5 Å². The first-order chi connectivity index (χ1) is 33.3. The number of methoxy groups -OCH3 is 2. The van der Waals surface area contributed by atoms with E-state index in [4.69, 9.17) is 18.9 Å². The van der Waals surface area contributed by atoms with Crippen molar-refractivity contribution in [3.63, 3.8) is 0 Å². The predicted molar refractivity (Wildman–Crippen MR) is 273 cm³/mol. The lowest BCUT2D eigenvalue weighted by molar-refractivity contribution is -0.263. The maximum atomic E-state index is 14.5. The molecule has 0 radical (unpaired) electrons. The molecule has 2 bridgehead atoms. The summed E-state index contributed by atoms with van der Waals surface area (Å²) in [5.41, 5.74) is 3.59. The van der Waals surface area contributed by atoms with Crippen molar-refractivity contribution in [2.75, 3.05) is 26.1 Å². The molecule has 2 saturated heterocycles. The van der Waals surface area contributed by atoms with E-state index in [1.54, 1.807) is 21.0 Å². The molecular weight excluding hydrogens is 889 g/mol. The lowest BCUT2D eigenvalue weighted by atomic mass is 9.78. The van der Waals surface area contributed by atoms with Gasteiger partial charge in [0.15, 0.2) is 5.78 Å². The Kier molecular flexibility index (Phi) is 21.7. The standard InChI is InChI=1S/C57H86N2O11/c1-35-17-12-11-13-19-38(4)46(58-44-20-16-18-36(2)31-44)34-45-25-23-42(8)57(66,70-45)54(63)55(64)59-28-15-14-21-47(59)56(65)69-49(39(5)32-43-24-26-48(60)50(33-43)67-9)27-22-37(3)30-41(7)52(62)53(68-10)51(61)40(6)29-35/h11-13,16-20,30-31,35,37,39-40,42-43,45-50,52-53,58,60,62,66H,14-15,21-29,32-34H2,1-10H3/b13-11+,17-12+,38-19+,41-30+/t35-,37+,39-,40-,42-,43-,45+,46?,47+,48-,49+,50-,52-,53+,57-/m1/s1. The van der Waals surface area contributed by atoms with Crippen molar-refractivity contribution in [3.8, 4) is 0 Å². The van der Waals surface area contributed by atoms with Crippen molar-refractivity contribution in [2.45, 2.75) is 193 Å². The molecule has 1 saturated carbocycles. The van der Waals surface area contributed by atoms with E-state index in [0.717, 1.165) is 29.7 Å². The number of aliphatic hydroxyl groups is 3. The van der Waals surface area contributed by atoms with Gasteiger partial charge >= 0.3 is 5.97 Å². The van der Waals surface area contributed by atoms with Crippen molar-refractivity contribution < 1.29 is 53.4 Å². The molecule has 5 rings (SSSR count). The molecule has 1 aromatic rings. The number of allylic oxidation sites excluding steroid dienone is 6. The molecule has 1 unspecified atom stereocenters. The lowest BCUT2D eigenvalue weighted by Crippen LogP contribution is -2.61. The first kappa shape index (κ1) is 56.9. The molecule has 0 aromatic heterocycles. The number of cyclic esters (lactones) is 1. The maximum Gasteiger partial charge on any atom is 0.329 e. The van der Waals surface area contributed by atoms with Crippen LogP contribution in [-0.4, -0.2) is 119 Å². The number of hydrogen-bond donors (Lipinski definition) is 4. The number of esters is 1. The highest BCUT2D eigenvalue weighted by molar-refractivity contribution is 6.39. The zero-order valence-corrected chi connectivity index (χ0v) is 43.8. The number of Topliss-reactive ketones (excluding diaryl/α,β-unsaturated/α-hetero) is 2. The third-order valence-corrected chi connectivity index (χ3v) is 15.6. The fourth-order valence-corrected chi connectivity index (χ4v) is 11.2. The average molecular weight is 975 g/mol. The Bertz CT molecular complexity index is 2030. The Labute approximate surface area is 418 Å². The molecule has 13 nitrogen and oxygen atoms in total. The number of aryl methyl sites for hydroxylation is 1. The van der Waals surface area contributed by atoms with Gasteiger partial charge in [0.1, 0.15) is 24.4 Å². The van der Waals surface area contributed by atoms with E-state index in [-0.39, 0.29) is 54.1 Å². The number of carbonyl (C=O) groups is 4. The van der Waals surface area contributed by atoms with Gasteiger partial charge < -0.3 is 44.5 Å². The molecule has 4 N–H and O–H groups in total. The largest absolute Gasteiger partial charge is 0.461 e. The first-order valence-corrected chi connectivity index (χ1v) is 26.2. The number of anilines is 1. The smallest absolute Gasteiger partial charge is 0.329 e. The van der Waals surface area contributed by atoms with Crippen LogP contribution in [0.15, 0.2) is 71.9 Å². The fourth-order valence-electron chi connectivity index (χ4n) is 11.2. The molecular formula is C57H86N2O11. The van der Waals surface area contributed by atoms with Crippen molar-refractivity contribution >= 4 is 29.1 Å². The number of aliphatic hydroxyl groups excluding tert-OH is 2. The molecule has 3 fully saturated rings. The van der Waals surface area contributed by atoms with E-state index in [2.05, 4.69) is 31.3 Å². The number of nitrogens with one attached hydrogen (secondary N) is 1. The molecule has 1 aliphatic carbocycles. The number of amides is 1. The zero-order valence-electron chi connectivity index (χ0n) is 43.8. The first-order valence-electron chi connectivity index (χ1n) is 26.2. The second-order valence-corrected chi connectivity index (χ2v) is 21.5. The van der Waals surface area contributed by atoms with E-state index in [1.165, 1.54) is 12.0 Å². The van der Waals surface area contributed by atoms with Crippen LogP contribution in [0.5, 0.6) is 0 Å². The molecule has 390 valence electrons. The highest BCUT2D eigenvalue weighted by atomic mass is 16.6. The van der Waals surface area contributed by atoms with Gasteiger partial charge in [0.05, 0.1) is 18.3 Å². The van der Waals surface area contributed by atoms with E-state index in [0.29, 0.717) is 76.2 Å². The second kappa shape index (κ2) is 26.6. The third-order valence-electron chi connectivity index (χ3n) is 15.6. The van der Waals surface area contributed by atoms with Crippen LogP contribution in [0, 0.1) is 42.4 Å². The van der Waals surface area contributed by atoms with Crippen molar-refractivity contribution in [3.05, 3.63) is 77.4 Å². The van der Waals surface area contributed by atoms with Crippen molar-refractivity contribution in [1.82, 2.24) is 4.90 Å². The second-order valence-electron chi connectivity index (χ2n) is 21.5. The topological polar surface area (TPSA) is 181 Å². The number of hydrogen-bond acceptors (Lipinski definition) is 12. The lowest BCUT2D eigenvalue weighted by Gasteiger charge is -2.43. The van der Waals surface area contributed by atoms with Crippen LogP contribution >= 0.6 is 0 Å². The van der Waals surface area contributed by atoms with Crippen molar-refractivity contribution in [1.29, 1.82) is 0 Å². The van der Waals surface area contributed by atoms with Crippen LogP contribution < -0.4 is 5.32 Å². The molecule has 3 heterocycles. The quantitative estimate of drug-likeness (QED) is 0.116. The highest BCUT2D eigenvalue weighted by Gasteiger charge is 2.53. The predicted octanol–water partition coefficient (Wildman–Crippen LogP) is 8.78. The van der Waals surface area contributed by atoms with Gasteiger partial charge in [-0.1, -0.05) is 88.8 Å². The Morgan fingerprint density at radius 1 is 0.843 bits per heavy atom. The minimum atomic E-state index is -2.40. The van der Waals surface area contributed by atoms with Gasteiger partial charge in [-0.25, -0.2) is 4.79 Å². The van der Waals surface area contributed by atoms with Gasteiger partial charge in [0.25, 0.3) is 11.7 Å². The number of ether oxygens (including phenoxy) is 4. The average Bonchev–Trinajstić information content (AvgIpc) is 3.33. The van der Waals surface area contributed by atoms with Gasteiger partial charge in [-0.3, -0.25) is 14.4 Å². The number of fused-ring (bicyclic) bond motifs is 3. The van der Waals surface area contributed by atoms with E-state index < -0.39 is 65.9 Å². The van der Waals surface area contributed by atoms with Crippen LogP contribution in [0.1, 0.15) is 138 Å². The number of benzene rings is 1. The third kappa shape index (κ3) is 15.3. The normalized spacial score (nSPS) is 38.2. The molecule has 1 aromatic carbocycles. The highest BCUT2D eigenvalue weighted by Crippen LogP contribution is 2.38. The van der Waals surface area contributed by atoms with Crippen molar-refractivity contribution in [2.24, 2.45) is 35.5 Å². The Morgan fingerprint density at radius 2 is 1.60 bits per heavy atom. The fraction of sp³-hybridized carbons (Fsp3) is 0.684. The van der Waals surface area contributed by atoms with Crippen LogP contribution in [-0.2, 0) is 38.1 Å². The maximum absolute atomic E-state index is 14.5. The minimum absolute atomic E-state index is 0.0576. The molecule has 70 heavy (non-hydrogen) atoms. The van der Waals surface area contributed by atoms with E-state index >= 15 is 0 Å². The SMILES string of the molecule is CO[C@@H]1C[C@@H](C[C@@H](C)[C@@H]2CC[C@H](C)/C=C(\C)[C@@H](O)[C@@H](OC)C(=O)[C@H](C)C[C@H](C)/C=C/C=C/C=C(\C)C(Nc3cccc(C)c3)C[C@@H]3CC[C@@H](C)[C@@](O)(O3)C(=O)C(=O)N3CCCC[C@H]3C(=O)O2)CC[C@H]1O. The van der Waals surface area contributed by atoms with Gasteiger partial charge in [0.2, 0.25) is 5.79 Å². The molecule has 13 heteroatoms. The molecule has 3 aliphatic heterocycles. The molecule has 4 aliphatic rings. The van der Waals surface area contributed by atoms with Gasteiger partial charge in [-0.2, -0.15) is 0 Å². The molecule has 0 spiro atoms.